The van der Waals surface area contributed by atoms with Crippen molar-refractivity contribution in [1.82, 2.24) is 0 Å². The van der Waals surface area contributed by atoms with Gasteiger partial charge in [0.2, 0.25) is 0 Å². The summed E-state index contributed by atoms with van der Waals surface area (Å²) in [5.74, 6) is -0.655. The number of benzene rings is 2. The minimum atomic E-state index is -1.14. The zero-order chi connectivity index (χ0) is 18.9. The molecule has 136 valence electrons. The number of carboxylic acid groups (broad SMARTS) is 1. The van der Waals surface area contributed by atoms with Gasteiger partial charge in [0, 0.05) is 4.90 Å². The minimum Gasteiger partial charge on any atom is -0.478 e. The molecule has 0 aromatic heterocycles. The number of carbonyl (C=O) groups is 2. The molecule has 1 aliphatic heterocycles. The average molecular weight is 370 g/mol. The van der Waals surface area contributed by atoms with E-state index in [4.69, 9.17) is 4.74 Å². The number of esters is 1. The summed E-state index contributed by atoms with van der Waals surface area (Å²) in [6.07, 6.45) is 1.08. The first kappa shape index (κ1) is 18.5. The maximum absolute atomic E-state index is 12.5. The fourth-order valence-corrected chi connectivity index (χ4v) is 4.78. The van der Waals surface area contributed by atoms with Crippen molar-refractivity contribution in [2.24, 2.45) is 0 Å². The SMILES string of the molecule is CCOC(=O)c1c(C(=O)O)cccc1-c1ccc2c(c1)C(C)(C)CCS2. The molecule has 1 N–H and O–H groups in total. The number of ether oxygens (including phenoxy) is 1. The highest BCUT2D eigenvalue weighted by atomic mass is 32.2. The van der Waals surface area contributed by atoms with Gasteiger partial charge in [-0.3, -0.25) is 0 Å². The van der Waals surface area contributed by atoms with Crippen LogP contribution in [-0.2, 0) is 10.2 Å². The van der Waals surface area contributed by atoms with Crippen LogP contribution in [0.5, 0.6) is 0 Å². The quantitative estimate of drug-likeness (QED) is 0.767. The number of rotatable bonds is 4. The molecule has 2 aromatic rings. The maximum Gasteiger partial charge on any atom is 0.339 e. The molecule has 0 aliphatic carbocycles. The molecule has 0 spiro atoms. The first-order valence-electron chi connectivity index (χ1n) is 8.66. The Morgan fingerprint density at radius 1 is 1.23 bits per heavy atom. The molecule has 1 heterocycles. The van der Waals surface area contributed by atoms with Crippen LogP contribution < -0.4 is 0 Å². The number of fused-ring (bicyclic) bond motifs is 1. The molecule has 0 fully saturated rings. The molecule has 0 saturated carbocycles. The van der Waals surface area contributed by atoms with Crippen LogP contribution in [-0.4, -0.2) is 29.4 Å². The molecular weight excluding hydrogens is 348 g/mol. The highest BCUT2D eigenvalue weighted by Gasteiger charge is 2.29. The van der Waals surface area contributed by atoms with E-state index in [0.29, 0.717) is 5.56 Å². The summed E-state index contributed by atoms with van der Waals surface area (Å²) in [5.41, 5.74) is 2.80. The van der Waals surface area contributed by atoms with Crippen LogP contribution in [0.3, 0.4) is 0 Å². The molecule has 0 atom stereocenters. The van der Waals surface area contributed by atoms with Gasteiger partial charge in [-0.2, -0.15) is 0 Å². The van der Waals surface area contributed by atoms with Crippen molar-refractivity contribution < 1.29 is 19.4 Å². The minimum absolute atomic E-state index is 0.0349. The van der Waals surface area contributed by atoms with E-state index in [9.17, 15) is 14.7 Å². The van der Waals surface area contributed by atoms with Gasteiger partial charge in [0.15, 0.2) is 0 Å². The van der Waals surface area contributed by atoms with Crippen molar-refractivity contribution in [3.05, 3.63) is 53.1 Å². The lowest BCUT2D eigenvalue weighted by atomic mass is 9.80. The Morgan fingerprint density at radius 2 is 2.00 bits per heavy atom. The third-order valence-corrected chi connectivity index (χ3v) is 5.85. The van der Waals surface area contributed by atoms with Crippen LogP contribution >= 0.6 is 11.8 Å². The van der Waals surface area contributed by atoms with Crippen LogP contribution in [0.2, 0.25) is 0 Å². The van der Waals surface area contributed by atoms with E-state index < -0.39 is 11.9 Å². The molecule has 5 heteroatoms. The van der Waals surface area contributed by atoms with Crippen LogP contribution in [0.25, 0.3) is 11.1 Å². The highest BCUT2D eigenvalue weighted by molar-refractivity contribution is 7.99. The third-order valence-electron chi connectivity index (χ3n) is 4.78. The number of carbonyl (C=O) groups excluding carboxylic acids is 1. The van der Waals surface area contributed by atoms with Crippen LogP contribution in [0.4, 0.5) is 0 Å². The molecule has 3 rings (SSSR count). The summed E-state index contributed by atoms with van der Waals surface area (Å²) in [5, 5.41) is 9.52. The molecule has 26 heavy (non-hydrogen) atoms. The van der Waals surface area contributed by atoms with Crippen LogP contribution in [0, 0.1) is 0 Å². The smallest absolute Gasteiger partial charge is 0.339 e. The molecule has 0 bridgehead atoms. The summed E-state index contributed by atoms with van der Waals surface area (Å²) >= 11 is 1.84. The molecule has 0 radical (unpaired) electrons. The van der Waals surface area contributed by atoms with Crippen LogP contribution in [0.1, 0.15) is 53.5 Å². The van der Waals surface area contributed by atoms with Crippen molar-refractivity contribution in [2.45, 2.75) is 37.5 Å². The van der Waals surface area contributed by atoms with E-state index >= 15 is 0 Å². The number of aromatic carboxylic acids is 1. The molecule has 0 unspecified atom stereocenters. The van der Waals surface area contributed by atoms with Crippen molar-refractivity contribution >= 4 is 23.7 Å². The topological polar surface area (TPSA) is 63.6 Å². The van der Waals surface area contributed by atoms with Gasteiger partial charge in [-0.25, -0.2) is 9.59 Å². The van der Waals surface area contributed by atoms with Crippen molar-refractivity contribution in [3.63, 3.8) is 0 Å². The van der Waals surface area contributed by atoms with Gasteiger partial charge in [-0.15, -0.1) is 11.8 Å². The average Bonchev–Trinajstić information content (AvgIpc) is 2.61. The summed E-state index contributed by atoms with van der Waals surface area (Å²) < 4.78 is 5.13. The fourth-order valence-electron chi connectivity index (χ4n) is 3.30. The zero-order valence-corrected chi connectivity index (χ0v) is 16.0. The second-order valence-corrected chi connectivity index (χ2v) is 8.08. The summed E-state index contributed by atoms with van der Waals surface area (Å²) in [7, 11) is 0. The van der Waals surface area contributed by atoms with Gasteiger partial charge in [0.25, 0.3) is 0 Å². The van der Waals surface area contributed by atoms with Gasteiger partial charge in [0.1, 0.15) is 0 Å². The van der Waals surface area contributed by atoms with Crippen molar-refractivity contribution in [3.8, 4) is 11.1 Å². The van der Waals surface area contributed by atoms with Crippen LogP contribution in [0.15, 0.2) is 41.3 Å². The monoisotopic (exact) mass is 370 g/mol. The standard InChI is InChI=1S/C21H22O4S/c1-4-25-20(24)18-14(6-5-7-15(18)19(22)23)13-8-9-17-16(12-13)21(2,3)10-11-26-17/h5-9,12H,4,10-11H2,1-3H3,(H,22,23). The second-order valence-electron chi connectivity index (χ2n) is 6.95. The normalized spacial score (nSPS) is 15.2. The molecule has 4 nitrogen and oxygen atoms in total. The number of hydrogen-bond donors (Lipinski definition) is 1. The Bertz CT molecular complexity index is 870. The number of carboxylic acids is 1. The molecule has 0 amide bonds. The first-order valence-corrected chi connectivity index (χ1v) is 9.65. The largest absolute Gasteiger partial charge is 0.478 e. The Balaban J connectivity index is 2.20. The Labute approximate surface area is 157 Å². The van der Waals surface area contributed by atoms with Gasteiger partial charge in [-0.1, -0.05) is 32.0 Å². The first-order chi connectivity index (χ1) is 12.3. The van der Waals surface area contributed by atoms with Gasteiger partial charge >= 0.3 is 11.9 Å². The van der Waals surface area contributed by atoms with E-state index in [1.807, 2.05) is 17.8 Å². The Hall–Kier alpha value is -2.27. The lowest BCUT2D eigenvalue weighted by molar-refractivity contribution is 0.0515. The van der Waals surface area contributed by atoms with E-state index in [-0.39, 0.29) is 23.1 Å². The predicted molar refractivity (Wildman–Crippen MR) is 103 cm³/mol. The van der Waals surface area contributed by atoms with Crippen molar-refractivity contribution in [1.29, 1.82) is 0 Å². The van der Waals surface area contributed by atoms with Gasteiger partial charge in [0.05, 0.1) is 17.7 Å². The Kier molecular flexibility index (Phi) is 5.10. The Morgan fingerprint density at radius 3 is 2.69 bits per heavy atom. The molecule has 2 aromatic carbocycles. The summed E-state index contributed by atoms with van der Waals surface area (Å²) in [4.78, 5) is 25.4. The maximum atomic E-state index is 12.5. The third kappa shape index (κ3) is 3.36. The van der Waals surface area contributed by atoms with Gasteiger partial charge < -0.3 is 9.84 Å². The predicted octanol–water partition coefficient (Wildman–Crippen LogP) is 5.00. The fraction of sp³-hybridized carbons (Fsp3) is 0.333. The molecule has 0 saturated heterocycles. The highest BCUT2D eigenvalue weighted by Crippen LogP contribution is 2.43. The van der Waals surface area contributed by atoms with Gasteiger partial charge in [-0.05, 0) is 59.4 Å². The zero-order valence-electron chi connectivity index (χ0n) is 15.2. The van der Waals surface area contributed by atoms with Crippen molar-refractivity contribution in [2.75, 3.05) is 12.4 Å². The molecule has 1 aliphatic rings. The summed E-state index contributed by atoms with van der Waals surface area (Å²) in [6, 6.07) is 11.0. The van der Waals surface area contributed by atoms with E-state index in [1.165, 1.54) is 16.5 Å². The number of thioether (sulfide) groups is 1. The van der Waals surface area contributed by atoms with E-state index in [0.717, 1.165) is 17.7 Å². The second kappa shape index (κ2) is 7.16. The lowest BCUT2D eigenvalue weighted by Crippen LogP contribution is -2.22. The molecular formula is C21H22O4S. The summed E-state index contributed by atoms with van der Waals surface area (Å²) in [6.45, 7) is 6.34. The lowest BCUT2D eigenvalue weighted by Gasteiger charge is -2.32. The van der Waals surface area contributed by atoms with E-state index in [1.54, 1.807) is 19.1 Å². The van der Waals surface area contributed by atoms with E-state index in [2.05, 4.69) is 26.0 Å². The number of hydrogen-bond acceptors (Lipinski definition) is 4.